The number of nitrogens with zero attached hydrogens (tertiary/aromatic N) is 2. The average molecular weight is 436 g/mol. The SMILES string of the molecule is CC[n+]1c(/C=C/C=C/N(C(C)=O)c2ccccc2)sc2ccccc21.F[B-](F)(F)F. The van der Waals surface area contributed by atoms with Crippen molar-refractivity contribution < 1.29 is 26.6 Å². The Morgan fingerprint density at radius 2 is 1.63 bits per heavy atom. The standard InChI is InChI=1S/C21H21N2OS.BF4/c1-3-22-19-13-7-8-14-20(19)25-21(22)15-9-10-16-23(17(2)24)18-11-5-4-6-12-18;2-1(3,4)5/h4-16H,3H2,1-2H3;/q+1;-1. The summed E-state index contributed by atoms with van der Waals surface area (Å²) in [6.07, 6.45) is 7.78. The topological polar surface area (TPSA) is 24.2 Å². The molecule has 0 aliphatic carbocycles. The third-order valence-corrected chi connectivity index (χ3v) is 5.04. The largest absolute Gasteiger partial charge is 0.673 e. The number of anilines is 1. The Labute approximate surface area is 176 Å². The second-order valence-corrected chi connectivity index (χ2v) is 7.13. The Hall–Kier alpha value is -2.94. The lowest BCUT2D eigenvalue weighted by Crippen LogP contribution is -2.33. The molecule has 0 spiro atoms. The highest BCUT2D eigenvalue weighted by Crippen LogP contribution is 2.21. The normalized spacial score (nSPS) is 11.7. The number of amides is 1. The predicted octanol–water partition coefficient (Wildman–Crippen LogP) is 6.09. The zero-order valence-corrected chi connectivity index (χ0v) is 17.3. The van der Waals surface area contributed by atoms with Gasteiger partial charge < -0.3 is 17.3 Å². The molecule has 1 amide bonds. The van der Waals surface area contributed by atoms with E-state index in [9.17, 15) is 22.1 Å². The monoisotopic (exact) mass is 436 g/mol. The van der Waals surface area contributed by atoms with Crippen LogP contribution in [0.3, 0.4) is 0 Å². The van der Waals surface area contributed by atoms with Crippen LogP contribution in [0.15, 0.2) is 72.9 Å². The summed E-state index contributed by atoms with van der Waals surface area (Å²) in [7, 11) is -6.00. The molecular formula is C21H21BF4N2OS. The second-order valence-electron chi connectivity index (χ2n) is 6.07. The third kappa shape index (κ3) is 7.15. The van der Waals surface area contributed by atoms with Crippen LogP contribution >= 0.6 is 11.3 Å². The fraction of sp³-hybridized carbons (Fsp3) is 0.143. The van der Waals surface area contributed by atoms with Crippen LogP contribution in [0.25, 0.3) is 16.3 Å². The Bertz CT molecular complexity index is 1030. The molecule has 0 saturated heterocycles. The molecule has 0 atom stereocenters. The first-order chi connectivity index (χ1) is 14.2. The maximum absolute atomic E-state index is 11.9. The number of hydrogen-bond donors (Lipinski definition) is 0. The van der Waals surface area contributed by atoms with E-state index in [4.69, 9.17) is 0 Å². The van der Waals surface area contributed by atoms with Crippen molar-refractivity contribution in [3.63, 3.8) is 0 Å². The van der Waals surface area contributed by atoms with Crippen LogP contribution in [0.1, 0.15) is 18.9 Å². The molecular weight excluding hydrogens is 415 g/mol. The Kier molecular flexibility index (Phi) is 8.35. The molecule has 3 aromatic rings. The van der Waals surface area contributed by atoms with E-state index in [1.807, 2.05) is 42.5 Å². The first-order valence-corrected chi connectivity index (χ1v) is 10.0. The number of carbonyl (C=O) groups is 1. The summed E-state index contributed by atoms with van der Waals surface area (Å²) in [6, 6.07) is 18.1. The van der Waals surface area contributed by atoms with Crippen LogP contribution in [0, 0.1) is 0 Å². The first-order valence-electron chi connectivity index (χ1n) is 9.19. The van der Waals surface area contributed by atoms with Gasteiger partial charge in [0.15, 0.2) is 0 Å². The van der Waals surface area contributed by atoms with Crippen LogP contribution in [-0.4, -0.2) is 13.2 Å². The Balaban J connectivity index is 0.000000575. The van der Waals surface area contributed by atoms with Crippen LogP contribution in [0.2, 0.25) is 0 Å². The van der Waals surface area contributed by atoms with Gasteiger partial charge >= 0.3 is 7.25 Å². The van der Waals surface area contributed by atoms with Crippen molar-refractivity contribution in [3.05, 3.63) is 78.0 Å². The van der Waals surface area contributed by atoms with Gasteiger partial charge in [-0.25, -0.2) is 0 Å². The van der Waals surface area contributed by atoms with Gasteiger partial charge in [-0.3, -0.25) is 9.69 Å². The Morgan fingerprint density at radius 3 is 2.23 bits per heavy atom. The van der Waals surface area contributed by atoms with E-state index >= 15 is 0 Å². The summed E-state index contributed by atoms with van der Waals surface area (Å²) in [4.78, 5) is 13.5. The summed E-state index contributed by atoms with van der Waals surface area (Å²) in [6.45, 7) is 4.65. The van der Waals surface area contributed by atoms with Gasteiger partial charge in [0.2, 0.25) is 11.4 Å². The third-order valence-electron chi connectivity index (χ3n) is 3.91. The molecule has 158 valence electrons. The van der Waals surface area contributed by atoms with Crippen molar-refractivity contribution in [2.75, 3.05) is 4.90 Å². The fourth-order valence-corrected chi connectivity index (χ4v) is 3.88. The molecule has 2 aromatic carbocycles. The molecule has 3 nitrogen and oxygen atoms in total. The highest BCUT2D eigenvalue weighted by molar-refractivity contribution is 7.18. The van der Waals surface area contributed by atoms with E-state index in [1.165, 1.54) is 15.2 Å². The maximum Gasteiger partial charge on any atom is 0.673 e. The molecule has 9 heteroatoms. The molecule has 0 saturated carbocycles. The van der Waals surface area contributed by atoms with Gasteiger partial charge in [-0.2, -0.15) is 4.57 Å². The predicted molar refractivity (Wildman–Crippen MR) is 116 cm³/mol. The Morgan fingerprint density at radius 1 is 1.03 bits per heavy atom. The number of para-hydroxylation sites is 2. The van der Waals surface area contributed by atoms with E-state index in [1.54, 1.807) is 29.4 Å². The van der Waals surface area contributed by atoms with E-state index in [2.05, 4.69) is 41.8 Å². The van der Waals surface area contributed by atoms with Gasteiger partial charge in [0.05, 0.1) is 0 Å². The quantitative estimate of drug-likeness (QED) is 0.206. The first kappa shape index (κ1) is 23.3. The number of halogens is 4. The summed E-state index contributed by atoms with van der Waals surface area (Å²) in [5, 5.41) is 1.20. The number of hydrogen-bond acceptors (Lipinski definition) is 2. The summed E-state index contributed by atoms with van der Waals surface area (Å²) < 4.78 is 42.6. The molecule has 1 aromatic heterocycles. The second kappa shape index (κ2) is 10.7. The number of thiazole rings is 1. The molecule has 0 aliphatic heterocycles. The van der Waals surface area contributed by atoms with E-state index < -0.39 is 7.25 Å². The van der Waals surface area contributed by atoms with Gasteiger partial charge in [0.25, 0.3) is 5.01 Å². The molecule has 0 unspecified atom stereocenters. The number of benzene rings is 2. The van der Waals surface area contributed by atoms with Crippen molar-refractivity contribution in [1.82, 2.24) is 0 Å². The number of rotatable bonds is 5. The van der Waals surface area contributed by atoms with Gasteiger partial charge in [-0.1, -0.05) is 47.7 Å². The lowest BCUT2D eigenvalue weighted by atomic mass is 10.3. The number of fused-ring (bicyclic) bond motifs is 1. The van der Waals surface area contributed by atoms with Gasteiger partial charge in [0.1, 0.15) is 11.2 Å². The molecule has 0 N–H and O–H groups in total. The minimum atomic E-state index is -6.00. The van der Waals surface area contributed by atoms with Gasteiger partial charge in [0, 0.05) is 31.0 Å². The molecule has 0 aliphatic rings. The maximum atomic E-state index is 11.9. The number of allylic oxidation sites excluding steroid dienone is 2. The molecule has 3 rings (SSSR count). The van der Waals surface area contributed by atoms with E-state index in [0.29, 0.717) is 0 Å². The minimum absolute atomic E-state index is 0.0127. The summed E-state index contributed by atoms with van der Waals surface area (Å²) in [5.41, 5.74) is 2.12. The molecule has 0 radical (unpaired) electrons. The number of aromatic nitrogens is 1. The van der Waals surface area contributed by atoms with Crippen LogP contribution < -0.4 is 9.47 Å². The lowest BCUT2D eigenvalue weighted by Gasteiger charge is -2.15. The van der Waals surface area contributed by atoms with Crippen molar-refractivity contribution >= 4 is 46.5 Å². The highest BCUT2D eigenvalue weighted by Gasteiger charge is 2.20. The number of aryl methyl sites for hydroxylation is 1. The van der Waals surface area contributed by atoms with E-state index in [-0.39, 0.29) is 5.91 Å². The lowest BCUT2D eigenvalue weighted by molar-refractivity contribution is -0.665. The summed E-state index contributed by atoms with van der Waals surface area (Å²) in [5.74, 6) is -0.0127. The van der Waals surface area contributed by atoms with Crippen LogP contribution in [0.5, 0.6) is 0 Å². The zero-order valence-electron chi connectivity index (χ0n) is 16.5. The zero-order chi connectivity index (χ0) is 22.1. The van der Waals surface area contributed by atoms with E-state index in [0.717, 1.165) is 12.2 Å². The smallest absolute Gasteiger partial charge is 0.418 e. The minimum Gasteiger partial charge on any atom is -0.418 e. The van der Waals surface area contributed by atoms with Crippen LogP contribution in [-0.2, 0) is 11.3 Å². The van der Waals surface area contributed by atoms with Crippen molar-refractivity contribution in [2.24, 2.45) is 0 Å². The summed E-state index contributed by atoms with van der Waals surface area (Å²) >= 11 is 1.77. The van der Waals surface area contributed by atoms with Crippen molar-refractivity contribution in [1.29, 1.82) is 0 Å². The van der Waals surface area contributed by atoms with Gasteiger partial charge in [-0.05, 0) is 31.2 Å². The number of carbonyl (C=O) groups excluding carboxylic acids is 1. The molecule has 0 fully saturated rings. The molecule has 1 heterocycles. The van der Waals surface area contributed by atoms with Crippen molar-refractivity contribution in [3.8, 4) is 0 Å². The highest BCUT2D eigenvalue weighted by atomic mass is 32.1. The van der Waals surface area contributed by atoms with Crippen LogP contribution in [0.4, 0.5) is 23.0 Å². The fourth-order valence-electron chi connectivity index (χ4n) is 2.74. The molecule has 30 heavy (non-hydrogen) atoms. The van der Waals surface area contributed by atoms with Crippen molar-refractivity contribution in [2.45, 2.75) is 20.4 Å². The van der Waals surface area contributed by atoms with Gasteiger partial charge in [-0.15, -0.1) is 0 Å². The molecule has 0 bridgehead atoms. The average Bonchev–Trinajstić information content (AvgIpc) is 3.04.